The molecule has 1 aliphatic rings. The normalized spacial score (nSPS) is 15.9. The fraction of sp³-hybridized carbons (Fsp3) is 0.381. The van der Waals surface area contributed by atoms with Crippen LogP contribution in [0.2, 0.25) is 0 Å². The first-order chi connectivity index (χ1) is 14.1. The van der Waals surface area contributed by atoms with Crippen LogP contribution in [0.3, 0.4) is 0 Å². The summed E-state index contributed by atoms with van der Waals surface area (Å²) >= 11 is 0. The standard InChI is InChI=1S/C21H22F3N5O/c1-4-20(2,3)14-7-13-10-29(27-18(13)25-9-14)17-8-15(5-6-16(17)22)26-19(30)28-11-21(23,24)12-28/h5-10H,4,11-12H2,1-3H3,(H,26,30). The molecule has 1 aromatic carbocycles. The van der Waals surface area contributed by atoms with Gasteiger partial charge in [-0.05, 0) is 41.7 Å². The van der Waals surface area contributed by atoms with Crippen molar-refractivity contribution in [3.63, 3.8) is 0 Å². The summed E-state index contributed by atoms with van der Waals surface area (Å²) in [6.07, 6.45) is 4.39. The Balaban J connectivity index is 1.61. The number of likely N-dealkylation sites (tertiary alicyclic amines) is 1. The van der Waals surface area contributed by atoms with Crippen LogP contribution in [0.15, 0.2) is 36.7 Å². The third-order valence-electron chi connectivity index (χ3n) is 5.60. The lowest BCUT2D eigenvalue weighted by atomic mass is 9.83. The summed E-state index contributed by atoms with van der Waals surface area (Å²) in [6.45, 7) is 5.10. The van der Waals surface area contributed by atoms with Crippen molar-refractivity contribution in [1.29, 1.82) is 0 Å². The Morgan fingerprint density at radius 1 is 1.27 bits per heavy atom. The minimum absolute atomic E-state index is 0.0492. The molecule has 0 aliphatic carbocycles. The number of anilines is 1. The zero-order valence-electron chi connectivity index (χ0n) is 16.9. The number of hydrogen-bond acceptors (Lipinski definition) is 3. The number of urea groups is 1. The fourth-order valence-corrected chi connectivity index (χ4v) is 3.24. The van der Waals surface area contributed by atoms with E-state index in [4.69, 9.17) is 0 Å². The number of benzene rings is 1. The van der Waals surface area contributed by atoms with E-state index in [-0.39, 0.29) is 16.8 Å². The molecule has 4 rings (SSSR count). The highest BCUT2D eigenvalue weighted by atomic mass is 19.3. The lowest BCUT2D eigenvalue weighted by molar-refractivity contribution is -0.107. The van der Waals surface area contributed by atoms with Crippen molar-refractivity contribution in [2.75, 3.05) is 18.4 Å². The number of pyridine rings is 1. The lowest BCUT2D eigenvalue weighted by Crippen LogP contribution is -2.59. The number of fused-ring (bicyclic) bond motifs is 1. The zero-order valence-corrected chi connectivity index (χ0v) is 16.9. The van der Waals surface area contributed by atoms with Gasteiger partial charge in [0.1, 0.15) is 11.5 Å². The van der Waals surface area contributed by atoms with Crippen molar-refractivity contribution in [2.45, 2.75) is 38.5 Å². The van der Waals surface area contributed by atoms with Crippen molar-refractivity contribution < 1.29 is 18.0 Å². The van der Waals surface area contributed by atoms with Crippen LogP contribution in [0.1, 0.15) is 32.8 Å². The molecule has 30 heavy (non-hydrogen) atoms. The highest BCUT2D eigenvalue weighted by Crippen LogP contribution is 2.30. The third-order valence-corrected chi connectivity index (χ3v) is 5.60. The molecule has 0 saturated carbocycles. The zero-order chi connectivity index (χ0) is 21.7. The molecule has 1 saturated heterocycles. The van der Waals surface area contributed by atoms with E-state index in [1.807, 2.05) is 6.07 Å². The number of nitrogens with one attached hydrogen (secondary N) is 1. The second-order valence-electron chi connectivity index (χ2n) is 8.26. The van der Waals surface area contributed by atoms with Gasteiger partial charge in [0.2, 0.25) is 0 Å². The van der Waals surface area contributed by atoms with Gasteiger partial charge in [0, 0.05) is 23.5 Å². The summed E-state index contributed by atoms with van der Waals surface area (Å²) in [4.78, 5) is 17.5. The predicted molar refractivity (Wildman–Crippen MR) is 108 cm³/mol. The third kappa shape index (κ3) is 3.71. The Morgan fingerprint density at radius 3 is 2.67 bits per heavy atom. The van der Waals surface area contributed by atoms with Crippen LogP contribution in [0.5, 0.6) is 0 Å². The Morgan fingerprint density at radius 2 is 2.00 bits per heavy atom. The molecule has 0 atom stereocenters. The maximum absolute atomic E-state index is 14.5. The van der Waals surface area contributed by atoms with Crippen LogP contribution in [0.25, 0.3) is 16.7 Å². The molecule has 6 nitrogen and oxygen atoms in total. The highest BCUT2D eigenvalue weighted by molar-refractivity contribution is 5.90. The van der Waals surface area contributed by atoms with E-state index in [1.165, 1.54) is 22.9 Å². The molecule has 0 spiro atoms. The number of nitrogens with zero attached hydrogens (tertiary/aromatic N) is 4. The largest absolute Gasteiger partial charge is 0.322 e. The smallest absolute Gasteiger partial charge is 0.312 e. The molecular formula is C21H22F3N5O. The minimum Gasteiger partial charge on any atom is -0.312 e. The SMILES string of the molecule is CCC(C)(C)c1cnc2nn(-c3cc(NC(=O)N4CC(F)(F)C4)ccc3F)cc2c1. The highest BCUT2D eigenvalue weighted by Gasteiger charge is 2.46. The van der Waals surface area contributed by atoms with Crippen LogP contribution < -0.4 is 5.32 Å². The topological polar surface area (TPSA) is 63.1 Å². The van der Waals surface area contributed by atoms with Crippen LogP contribution in [-0.4, -0.2) is 44.7 Å². The van der Waals surface area contributed by atoms with E-state index < -0.39 is 30.9 Å². The molecule has 1 aliphatic heterocycles. The molecule has 2 aromatic heterocycles. The summed E-state index contributed by atoms with van der Waals surface area (Å²) < 4.78 is 41.8. The molecule has 0 radical (unpaired) electrons. The van der Waals surface area contributed by atoms with E-state index in [1.54, 1.807) is 12.4 Å². The molecule has 1 N–H and O–H groups in total. The van der Waals surface area contributed by atoms with Gasteiger partial charge >= 0.3 is 6.03 Å². The van der Waals surface area contributed by atoms with Gasteiger partial charge in [0.15, 0.2) is 5.65 Å². The first kappa shape index (κ1) is 20.2. The number of hydrogen-bond donors (Lipinski definition) is 1. The van der Waals surface area contributed by atoms with E-state index in [0.717, 1.165) is 22.3 Å². The summed E-state index contributed by atoms with van der Waals surface area (Å²) in [6, 6.07) is 5.31. The first-order valence-electron chi connectivity index (χ1n) is 9.67. The van der Waals surface area contributed by atoms with Crippen molar-refractivity contribution in [2.24, 2.45) is 0 Å². The van der Waals surface area contributed by atoms with Crippen LogP contribution in [-0.2, 0) is 5.41 Å². The van der Waals surface area contributed by atoms with E-state index in [9.17, 15) is 18.0 Å². The average molecular weight is 417 g/mol. The summed E-state index contributed by atoms with van der Waals surface area (Å²) in [5, 5.41) is 7.63. The van der Waals surface area contributed by atoms with E-state index in [2.05, 4.69) is 36.2 Å². The van der Waals surface area contributed by atoms with Crippen LogP contribution >= 0.6 is 0 Å². The Bertz CT molecular complexity index is 1120. The second kappa shape index (κ2) is 7.00. The maximum Gasteiger partial charge on any atom is 0.322 e. The summed E-state index contributed by atoms with van der Waals surface area (Å²) in [5.41, 5.74) is 1.89. The van der Waals surface area contributed by atoms with Gasteiger partial charge < -0.3 is 10.2 Å². The monoisotopic (exact) mass is 417 g/mol. The van der Waals surface area contributed by atoms with Gasteiger partial charge in [-0.3, -0.25) is 0 Å². The molecule has 0 bridgehead atoms. The van der Waals surface area contributed by atoms with Crippen molar-refractivity contribution in [3.8, 4) is 5.69 Å². The quantitative estimate of drug-likeness (QED) is 0.668. The minimum atomic E-state index is -2.85. The van der Waals surface area contributed by atoms with Gasteiger partial charge in [-0.15, -0.1) is 5.10 Å². The molecule has 3 heterocycles. The number of alkyl halides is 2. The van der Waals surface area contributed by atoms with E-state index in [0.29, 0.717) is 5.65 Å². The van der Waals surface area contributed by atoms with Crippen molar-refractivity contribution in [1.82, 2.24) is 19.7 Å². The number of carbonyl (C=O) groups is 1. The van der Waals surface area contributed by atoms with E-state index >= 15 is 0 Å². The fourth-order valence-electron chi connectivity index (χ4n) is 3.24. The molecule has 3 aromatic rings. The van der Waals surface area contributed by atoms with Gasteiger partial charge in [-0.2, -0.15) is 0 Å². The van der Waals surface area contributed by atoms with Gasteiger partial charge in [0.25, 0.3) is 5.92 Å². The number of halogens is 3. The predicted octanol–water partition coefficient (Wildman–Crippen LogP) is 4.73. The molecule has 2 amide bonds. The lowest BCUT2D eigenvalue weighted by Gasteiger charge is -2.38. The Kier molecular flexibility index (Phi) is 4.71. The molecule has 1 fully saturated rings. The summed E-state index contributed by atoms with van der Waals surface area (Å²) in [5.74, 6) is -3.39. The van der Waals surface area contributed by atoms with Gasteiger partial charge in [0.05, 0.1) is 13.1 Å². The second-order valence-corrected chi connectivity index (χ2v) is 8.26. The first-order valence-corrected chi connectivity index (χ1v) is 9.67. The number of carbonyl (C=O) groups excluding carboxylic acids is 1. The maximum atomic E-state index is 14.5. The number of aromatic nitrogens is 3. The van der Waals surface area contributed by atoms with Crippen LogP contribution in [0, 0.1) is 5.82 Å². The summed E-state index contributed by atoms with van der Waals surface area (Å²) in [7, 11) is 0. The number of rotatable bonds is 4. The molecule has 0 unspecified atom stereocenters. The van der Waals surface area contributed by atoms with Crippen molar-refractivity contribution in [3.05, 3.63) is 48.0 Å². The molecule has 9 heteroatoms. The molecule has 158 valence electrons. The van der Waals surface area contributed by atoms with Crippen molar-refractivity contribution >= 4 is 22.8 Å². The Labute approximate surface area is 171 Å². The van der Waals surface area contributed by atoms with Gasteiger partial charge in [-0.1, -0.05) is 20.8 Å². The average Bonchev–Trinajstić information content (AvgIpc) is 3.10. The van der Waals surface area contributed by atoms with Gasteiger partial charge in [-0.25, -0.2) is 27.6 Å². The van der Waals surface area contributed by atoms with Crippen LogP contribution in [0.4, 0.5) is 23.7 Å². The molecular weight excluding hydrogens is 395 g/mol. The number of amides is 2. The Hall–Kier alpha value is -3.10.